The van der Waals surface area contributed by atoms with Crippen LogP contribution in [0.1, 0.15) is 10.4 Å². The van der Waals surface area contributed by atoms with Gasteiger partial charge in [0.05, 0.1) is 0 Å². The van der Waals surface area contributed by atoms with Crippen molar-refractivity contribution in [3.05, 3.63) is 29.8 Å². The van der Waals surface area contributed by atoms with Crippen molar-refractivity contribution in [3.63, 3.8) is 0 Å². The molecule has 0 aromatic heterocycles. The molecule has 1 heterocycles. The van der Waals surface area contributed by atoms with Crippen molar-refractivity contribution in [3.8, 4) is 5.75 Å². The van der Waals surface area contributed by atoms with Crippen LogP contribution in [0, 0.1) is 0 Å². The molecule has 1 amide bonds. The summed E-state index contributed by atoms with van der Waals surface area (Å²) in [4.78, 5) is 13.6. The zero-order chi connectivity index (χ0) is 13.5. The largest absolute Gasteiger partial charge is 0.492 e. The Bertz CT molecular complexity index is 402. The number of nitrogens with zero attached hydrogens (tertiary/aromatic N) is 1. The minimum atomic E-state index is -0.299. The van der Waals surface area contributed by atoms with Gasteiger partial charge < -0.3 is 10.1 Å². The first-order chi connectivity index (χ1) is 9.29. The molecular weight excluding hydrogens is 244 g/mol. The van der Waals surface area contributed by atoms with E-state index >= 15 is 0 Å². The third-order valence-electron chi connectivity index (χ3n) is 3.13. The lowest BCUT2D eigenvalue weighted by atomic mass is 10.2. The van der Waals surface area contributed by atoms with Gasteiger partial charge in [0.15, 0.2) is 0 Å². The quantitative estimate of drug-likeness (QED) is 0.382. The maximum absolute atomic E-state index is 11.3. The predicted octanol–water partition coefficient (Wildman–Crippen LogP) is -0.426. The Hall–Kier alpha value is -1.63. The van der Waals surface area contributed by atoms with Crippen LogP contribution < -0.4 is 21.3 Å². The molecule has 104 valence electrons. The fourth-order valence-corrected chi connectivity index (χ4v) is 2.01. The lowest BCUT2D eigenvalue weighted by molar-refractivity contribution is 0.0953. The molecule has 1 aromatic rings. The number of nitrogens with one attached hydrogen (secondary N) is 2. The van der Waals surface area contributed by atoms with Gasteiger partial charge in [0.1, 0.15) is 12.4 Å². The van der Waals surface area contributed by atoms with Crippen molar-refractivity contribution in [2.45, 2.75) is 0 Å². The van der Waals surface area contributed by atoms with Gasteiger partial charge in [0.25, 0.3) is 5.91 Å². The van der Waals surface area contributed by atoms with E-state index in [0.29, 0.717) is 12.2 Å². The summed E-state index contributed by atoms with van der Waals surface area (Å²) in [7, 11) is 0. The van der Waals surface area contributed by atoms with Crippen molar-refractivity contribution in [2.75, 3.05) is 39.3 Å². The van der Waals surface area contributed by atoms with Gasteiger partial charge in [0.2, 0.25) is 0 Å². The highest BCUT2D eigenvalue weighted by atomic mass is 16.5. The Kier molecular flexibility index (Phi) is 5.14. The predicted molar refractivity (Wildman–Crippen MR) is 72.9 cm³/mol. The highest BCUT2D eigenvalue weighted by Gasteiger charge is 2.09. The van der Waals surface area contributed by atoms with E-state index in [4.69, 9.17) is 10.6 Å². The van der Waals surface area contributed by atoms with E-state index in [1.54, 1.807) is 24.3 Å². The number of rotatable bonds is 5. The Labute approximate surface area is 112 Å². The van der Waals surface area contributed by atoms with Gasteiger partial charge in [-0.3, -0.25) is 15.1 Å². The van der Waals surface area contributed by atoms with E-state index < -0.39 is 0 Å². The van der Waals surface area contributed by atoms with Gasteiger partial charge in [-0.25, -0.2) is 5.84 Å². The summed E-state index contributed by atoms with van der Waals surface area (Å²) in [5.74, 6) is 5.53. The maximum Gasteiger partial charge on any atom is 0.265 e. The fourth-order valence-electron chi connectivity index (χ4n) is 2.01. The van der Waals surface area contributed by atoms with E-state index in [1.807, 2.05) is 0 Å². The maximum atomic E-state index is 11.3. The van der Waals surface area contributed by atoms with E-state index in [0.717, 1.165) is 38.5 Å². The molecule has 6 heteroatoms. The molecule has 0 radical (unpaired) electrons. The van der Waals surface area contributed by atoms with Crippen molar-refractivity contribution in [1.82, 2.24) is 15.6 Å². The third-order valence-corrected chi connectivity index (χ3v) is 3.13. The lowest BCUT2D eigenvalue weighted by Crippen LogP contribution is -2.44. The smallest absolute Gasteiger partial charge is 0.265 e. The summed E-state index contributed by atoms with van der Waals surface area (Å²) in [6.07, 6.45) is 0. The number of amides is 1. The molecule has 19 heavy (non-hydrogen) atoms. The van der Waals surface area contributed by atoms with Crippen LogP contribution in [0.5, 0.6) is 5.75 Å². The van der Waals surface area contributed by atoms with Crippen LogP contribution in [0.3, 0.4) is 0 Å². The summed E-state index contributed by atoms with van der Waals surface area (Å²) < 4.78 is 5.65. The van der Waals surface area contributed by atoms with Crippen LogP contribution in [0.4, 0.5) is 0 Å². The Balaban J connectivity index is 1.75. The Morgan fingerprint density at radius 1 is 1.32 bits per heavy atom. The van der Waals surface area contributed by atoms with E-state index in [1.165, 1.54) is 0 Å². The topological polar surface area (TPSA) is 79.6 Å². The van der Waals surface area contributed by atoms with Crippen LogP contribution >= 0.6 is 0 Å². The van der Waals surface area contributed by atoms with Crippen molar-refractivity contribution >= 4 is 5.91 Å². The van der Waals surface area contributed by atoms with Gasteiger partial charge in [-0.2, -0.15) is 0 Å². The van der Waals surface area contributed by atoms with Crippen LogP contribution in [-0.4, -0.2) is 50.1 Å². The molecule has 0 saturated carbocycles. The number of piperazine rings is 1. The molecule has 2 rings (SSSR count). The van der Waals surface area contributed by atoms with Gasteiger partial charge in [-0.1, -0.05) is 0 Å². The number of ether oxygens (including phenoxy) is 1. The van der Waals surface area contributed by atoms with E-state index in [9.17, 15) is 4.79 Å². The van der Waals surface area contributed by atoms with Crippen molar-refractivity contribution < 1.29 is 9.53 Å². The molecule has 1 aromatic carbocycles. The van der Waals surface area contributed by atoms with Gasteiger partial charge in [0, 0.05) is 38.3 Å². The molecule has 1 aliphatic rings. The van der Waals surface area contributed by atoms with Crippen molar-refractivity contribution in [1.29, 1.82) is 0 Å². The van der Waals surface area contributed by atoms with Crippen LogP contribution in [0.25, 0.3) is 0 Å². The molecule has 0 bridgehead atoms. The number of hydrazine groups is 1. The first kappa shape index (κ1) is 13.8. The minimum absolute atomic E-state index is 0.299. The number of nitrogen functional groups attached to an aromatic ring is 1. The normalized spacial score (nSPS) is 16.1. The molecule has 1 aliphatic heterocycles. The molecule has 0 spiro atoms. The molecule has 1 fully saturated rings. The summed E-state index contributed by atoms with van der Waals surface area (Å²) in [6, 6.07) is 6.95. The minimum Gasteiger partial charge on any atom is -0.492 e. The van der Waals surface area contributed by atoms with E-state index in [2.05, 4.69) is 15.6 Å². The second-order valence-corrected chi connectivity index (χ2v) is 4.44. The molecule has 6 nitrogen and oxygen atoms in total. The standard InChI is InChI=1S/C13H20N4O2/c14-16-13(18)11-1-3-12(4-2-11)19-10-9-17-7-5-15-6-8-17/h1-4,15H,5-10,14H2,(H,16,18). The molecule has 0 unspecified atom stereocenters. The monoisotopic (exact) mass is 264 g/mol. The first-order valence-electron chi connectivity index (χ1n) is 6.46. The average molecular weight is 264 g/mol. The summed E-state index contributed by atoms with van der Waals surface area (Å²) in [6.45, 7) is 5.80. The zero-order valence-corrected chi connectivity index (χ0v) is 10.9. The summed E-state index contributed by atoms with van der Waals surface area (Å²) >= 11 is 0. The van der Waals surface area contributed by atoms with Gasteiger partial charge in [-0.15, -0.1) is 0 Å². The second-order valence-electron chi connectivity index (χ2n) is 4.44. The van der Waals surface area contributed by atoms with Crippen LogP contribution in [0.2, 0.25) is 0 Å². The number of benzene rings is 1. The SMILES string of the molecule is NNC(=O)c1ccc(OCCN2CCNCC2)cc1. The van der Waals surface area contributed by atoms with Gasteiger partial charge in [-0.05, 0) is 24.3 Å². The molecule has 1 saturated heterocycles. The Morgan fingerprint density at radius 2 is 2.00 bits per heavy atom. The summed E-state index contributed by atoms with van der Waals surface area (Å²) in [5, 5.41) is 3.31. The Morgan fingerprint density at radius 3 is 2.63 bits per heavy atom. The second kappa shape index (κ2) is 7.08. The summed E-state index contributed by atoms with van der Waals surface area (Å²) in [5.41, 5.74) is 2.62. The average Bonchev–Trinajstić information content (AvgIpc) is 2.48. The highest BCUT2D eigenvalue weighted by Crippen LogP contribution is 2.12. The zero-order valence-electron chi connectivity index (χ0n) is 10.9. The van der Waals surface area contributed by atoms with Crippen molar-refractivity contribution in [2.24, 2.45) is 5.84 Å². The number of hydrogen-bond acceptors (Lipinski definition) is 5. The van der Waals surface area contributed by atoms with Crippen LogP contribution in [-0.2, 0) is 0 Å². The number of nitrogens with two attached hydrogens (primary N) is 1. The molecule has 0 aliphatic carbocycles. The number of carbonyl (C=O) groups is 1. The first-order valence-corrected chi connectivity index (χ1v) is 6.46. The molecule has 4 N–H and O–H groups in total. The third kappa shape index (κ3) is 4.20. The molecule has 0 atom stereocenters. The fraction of sp³-hybridized carbons (Fsp3) is 0.462. The number of carbonyl (C=O) groups excluding carboxylic acids is 1. The van der Waals surface area contributed by atoms with Gasteiger partial charge >= 0.3 is 0 Å². The number of hydrogen-bond donors (Lipinski definition) is 3. The van der Waals surface area contributed by atoms with E-state index in [-0.39, 0.29) is 5.91 Å². The highest BCUT2D eigenvalue weighted by molar-refractivity contribution is 5.93. The lowest BCUT2D eigenvalue weighted by Gasteiger charge is -2.26. The van der Waals surface area contributed by atoms with Crippen LogP contribution in [0.15, 0.2) is 24.3 Å². The molecular formula is C13H20N4O2.